The van der Waals surface area contributed by atoms with Crippen molar-refractivity contribution in [3.05, 3.63) is 57.3 Å². The number of nitrogens with zero attached hydrogens (tertiary/aromatic N) is 5. The van der Waals surface area contributed by atoms with Crippen molar-refractivity contribution in [2.45, 2.75) is 51.0 Å². The first kappa shape index (κ1) is 28.8. The standard InChI is InChI=1S/C22H28N5O11P/c1-3-6-26-12-23-18-15(26)19(30)27(22(32)24(18)2)8-9-36-21(31)13-5-4-7-25(10-13)20-17(29)16(28)14(38-20)11-37-39(33,34)35/h4-5,7,10,12,14,16-17,20,28-29H,3,6,8-9,11H2,1-2H3,(H-,33,34,35)/p+1/t14-,16-,17-,20-/m1/s1. The predicted molar refractivity (Wildman–Crippen MR) is 130 cm³/mol. The Kier molecular flexibility index (Phi) is 8.46. The maximum atomic E-state index is 13.0. The molecule has 4 heterocycles. The monoisotopic (exact) mass is 570 g/mol. The molecule has 1 aliphatic heterocycles. The summed E-state index contributed by atoms with van der Waals surface area (Å²) >= 11 is 0. The first-order valence-corrected chi connectivity index (χ1v) is 13.5. The molecule has 0 aromatic carbocycles. The molecule has 4 N–H and O–H groups in total. The second-order valence-electron chi connectivity index (χ2n) is 8.92. The molecule has 16 nitrogen and oxygen atoms in total. The first-order chi connectivity index (χ1) is 18.4. The molecule has 39 heavy (non-hydrogen) atoms. The number of carbonyl (C=O) groups is 1. The number of phosphoric ester groups is 1. The molecule has 4 rings (SSSR count). The summed E-state index contributed by atoms with van der Waals surface area (Å²) in [6.07, 6.45) is -0.459. The topological polar surface area (TPSA) is 208 Å². The summed E-state index contributed by atoms with van der Waals surface area (Å²) < 4.78 is 31.2. The molecule has 3 aromatic rings. The zero-order valence-electron chi connectivity index (χ0n) is 21.1. The van der Waals surface area contributed by atoms with E-state index in [1.54, 1.807) is 4.57 Å². The average molecular weight is 570 g/mol. The molecule has 17 heteroatoms. The highest BCUT2D eigenvalue weighted by Crippen LogP contribution is 2.37. The van der Waals surface area contributed by atoms with E-state index in [4.69, 9.17) is 19.3 Å². The number of aliphatic hydroxyl groups excluding tert-OH is 2. The summed E-state index contributed by atoms with van der Waals surface area (Å²) in [6, 6.07) is 2.88. The molecule has 0 radical (unpaired) electrons. The van der Waals surface area contributed by atoms with Gasteiger partial charge in [0.25, 0.3) is 11.8 Å². The zero-order valence-corrected chi connectivity index (χ0v) is 22.0. The molecule has 4 atom stereocenters. The second kappa shape index (κ2) is 11.5. The zero-order chi connectivity index (χ0) is 28.5. The van der Waals surface area contributed by atoms with Crippen molar-refractivity contribution in [2.75, 3.05) is 13.2 Å². The Labute approximate surface area is 220 Å². The third-order valence-corrected chi connectivity index (χ3v) is 6.70. The van der Waals surface area contributed by atoms with Gasteiger partial charge >= 0.3 is 19.5 Å². The number of hydrogen-bond acceptors (Lipinski definition) is 10. The number of aryl methyl sites for hydroxylation is 2. The predicted octanol–water partition coefficient (Wildman–Crippen LogP) is -1.82. The lowest BCUT2D eigenvalue weighted by Crippen LogP contribution is -2.46. The van der Waals surface area contributed by atoms with E-state index < -0.39 is 56.2 Å². The molecule has 212 valence electrons. The van der Waals surface area contributed by atoms with Gasteiger partial charge in [-0.05, 0) is 12.5 Å². The Morgan fingerprint density at radius 2 is 1.97 bits per heavy atom. The SMILES string of the molecule is CCCn1cnc2c1c(=O)n(CCOC(=O)c1ccc[n+]([C@@H]3O[C@H](COP(=O)(O)O)[C@@H](O)[C@H]3O)c1)c(=O)n2C. The number of rotatable bonds is 10. The molecule has 0 spiro atoms. The highest BCUT2D eigenvalue weighted by atomic mass is 31.2. The third kappa shape index (κ3) is 6.01. The summed E-state index contributed by atoms with van der Waals surface area (Å²) in [5.74, 6) is -0.791. The lowest BCUT2D eigenvalue weighted by Gasteiger charge is -2.13. The lowest BCUT2D eigenvalue weighted by atomic mass is 10.1. The van der Waals surface area contributed by atoms with Gasteiger partial charge in [-0.25, -0.2) is 19.1 Å². The number of carbonyl (C=O) groups excluding carboxylic acids is 1. The van der Waals surface area contributed by atoms with Crippen LogP contribution in [0.2, 0.25) is 0 Å². The molecular formula is C22H29N5O11P+. The Hall–Kier alpha value is -3.24. The maximum absolute atomic E-state index is 13.0. The van der Waals surface area contributed by atoms with Crippen LogP contribution in [0.5, 0.6) is 0 Å². The van der Waals surface area contributed by atoms with Crippen LogP contribution in [0.15, 0.2) is 40.4 Å². The minimum Gasteiger partial charge on any atom is -0.460 e. The van der Waals surface area contributed by atoms with Crippen molar-refractivity contribution in [3.8, 4) is 0 Å². The molecule has 3 aromatic heterocycles. The Morgan fingerprint density at radius 3 is 2.67 bits per heavy atom. The van der Waals surface area contributed by atoms with E-state index in [2.05, 4.69) is 9.51 Å². The average Bonchev–Trinajstić information content (AvgIpc) is 3.44. The number of phosphoric acid groups is 1. The van der Waals surface area contributed by atoms with Crippen LogP contribution < -0.4 is 15.8 Å². The smallest absolute Gasteiger partial charge is 0.460 e. The first-order valence-electron chi connectivity index (χ1n) is 12.0. The van der Waals surface area contributed by atoms with E-state index >= 15 is 0 Å². The molecule has 0 bridgehead atoms. The van der Waals surface area contributed by atoms with Crippen molar-refractivity contribution in [2.24, 2.45) is 7.05 Å². The van der Waals surface area contributed by atoms with Crippen LogP contribution in [-0.4, -0.2) is 76.2 Å². The fraction of sp³-hybridized carbons (Fsp3) is 0.500. The number of aromatic nitrogens is 5. The third-order valence-electron chi connectivity index (χ3n) is 6.21. The minimum atomic E-state index is -4.82. The van der Waals surface area contributed by atoms with Crippen molar-refractivity contribution in [1.82, 2.24) is 18.7 Å². The van der Waals surface area contributed by atoms with Crippen LogP contribution in [0.25, 0.3) is 11.2 Å². The highest BCUT2D eigenvalue weighted by molar-refractivity contribution is 7.46. The number of fused-ring (bicyclic) bond motifs is 1. The van der Waals surface area contributed by atoms with Gasteiger partial charge in [-0.1, -0.05) is 6.92 Å². The van der Waals surface area contributed by atoms with Gasteiger partial charge in [0.15, 0.2) is 29.7 Å². The fourth-order valence-corrected chi connectivity index (χ4v) is 4.64. The van der Waals surface area contributed by atoms with Gasteiger partial charge in [0.1, 0.15) is 24.4 Å². The van der Waals surface area contributed by atoms with Crippen LogP contribution in [-0.2, 0) is 38.7 Å². The summed E-state index contributed by atoms with van der Waals surface area (Å²) in [6.45, 7) is 1.32. The van der Waals surface area contributed by atoms with Crippen LogP contribution in [0.1, 0.15) is 29.9 Å². The lowest BCUT2D eigenvalue weighted by molar-refractivity contribution is -0.765. The van der Waals surface area contributed by atoms with E-state index in [0.717, 1.165) is 11.0 Å². The number of ether oxygens (including phenoxy) is 2. The molecule has 1 fully saturated rings. The summed E-state index contributed by atoms with van der Waals surface area (Å²) in [5, 5.41) is 20.5. The number of esters is 1. The number of imidazole rings is 1. The van der Waals surface area contributed by atoms with Gasteiger partial charge < -0.3 is 34.0 Å². The number of pyridine rings is 1. The molecule has 1 saturated heterocycles. The van der Waals surface area contributed by atoms with Crippen molar-refractivity contribution >= 4 is 25.0 Å². The molecule has 0 unspecified atom stereocenters. The Balaban J connectivity index is 1.45. The van der Waals surface area contributed by atoms with Crippen molar-refractivity contribution < 1.29 is 47.9 Å². The number of hydrogen-bond donors (Lipinski definition) is 4. The van der Waals surface area contributed by atoms with E-state index in [0.29, 0.717) is 6.54 Å². The minimum absolute atomic E-state index is 0.0365. The Morgan fingerprint density at radius 1 is 1.23 bits per heavy atom. The summed E-state index contributed by atoms with van der Waals surface area (Å²) in [7, 11) is -3.32. The normalized spacial score (nSPS) is 21.5. The van der Waals surface area contributed by atoms with E-state index in [1.807, 2.05) is 6.92 Å². The second-order valence-corrected chi connectivity index (χ2v) is 10.2. The van der Waals surface area contributed by atoms with Crippen LogP contribution in [0.3, 0.4) is 0 Å². The van der Waals surface area contributed by atoms with Gasteiger partial charge in [0.2, 0.25) is 0 Å². The van der Waals surface area contributed by atoms with Gasteiger partial charge in [0.05, 0.1) is 19.5 Å². The van der Waals surface area contributed by atoms with Gasteiger partial charge in [-0.2, -0.15) is 4.57 Å². The Bertz CT molecular complexity index is 1530. The number of aliphatic hydroxyl groups is 2. The van der Waals surface area contributed by atoms with Crippen molar-refractivity contribution in [3.63, 3.8) is 0 Å². The van der Waals surface area contributed by atoms with Gasteiger partial charge in [0, 0.05) is 19.7 Å². The fourth-order valence-electron chi connectivity index (χ4n) is 4.30. The molecule has 0 amide bonds. The maximum Gasteiger partial charge on any atom is 0.469 e. The molecule has 0 saturated carbocycles. The summed E-state index contributed by atoms with van der Waals surface area (Å²) in [5.41, 5.74) is -0.579. The van der Waals surface area contributed by atoms with Crippen LogP contribution in [0.4, 0.5) is 0 Å². The molecule has 1 aliphatic rings. The highest BCUT2D eigenvalue weighted by Gasteiger charge is 2.49. The van der Waals surface area contributed by atoms with E-state index in [1.165, 1.54) is 47.0 Å². The summed E-state index contributed by atoms with van der Waals surface area (Å²) in [4.78, 5) is 60.3. The van der Waals surface area contributed by atoms with Gasteiger partial charge in [-0.15, -0.1) is 0 Å². The van der Waals surface area contributed by atoms with E-state index in [9.17, 15) is 29.2 Å². The quantitative estimate of drug-likeness (QED) is 0.121. The van der Waals surface area contributed by atoms with E-state index in [-0.39, 0.29) is 29.9 Å². The van der Waals surface area contributed by atoms with Crippen LogP contribution >= 0.6 is 7.82 Å². The van der Waals surface area contributed by atoms with Crippen molar-refractivity contribution in [1.29, 1.82) is 0 Å². The molecular weight excluding hydrogens is 541 g/mol. The molecule has 0 aliphatic carbocycles. The van der Waals surface area contributed by atoms with Gasteiger partial charge in [-0.3, -0.25) is 18.5 Å². The van der Waals surface area contributed by atoms with Crippen LogP contribution in [0, 0.1) is 0 Å². The largest absolute Gasteiger partial charge is 0.469 e.